The van der Waals surface area contributed by atoms with E-state index in [1.165, 1.54) is 71.2 Å². The summed E-state index contributed by atoms with van der Waals surface area (Å²) in [5.74, 6) is 0. The van der Waals surface area contributed by atoms with Crippen LogP contribution in [0.5, 0.6) is 0 Å². The Kier molecular flexibility index (Phi) is 4.89. The Morgan fingerprint density at radius 3 is 1.72 bits per heavy atom. The monoisotopic (exact) mass is 495 g/mol. The standard InChI is InChI=1S/C38H25N/c1-3-11-25(12-4-1)27-19-20-37-34(21-27)36-24-29(26-13-5-2-6-14-26)23-35(38(36)39-37)33-22-28-15-7-8-16-30(28)31-17-9-10-18-32(31)33/h1-24,39H. The topological polar surface area (TPSA) is 15.8 Å². The summed E-state index contributed by atoms with van der Waals surface area (Å²) >= 11 is 0. The van der Waals surface area contributed by atoms with Gasteiger partial charge < -0.3 is 4.98 Å². The predicted molar refractivity (Wildman–Crippen MR) is 167 cm³/mol. The van der Waals surface area contributed by atoms with E-state index in [1.807, 2.05) is 0 Å². The molecular formula is C38H25N. The van der Waals surface area contributed by atoms with Crippen LogP contribution in [0.2, 0.25) is 0 Å². The minimum Gasteiger partial charge on any atom is -0.354 e. The Hall–Kier alpha value is -5.14. The van der Waals surface area contributed by atoms with Crippen LogP contribution in [0, 0.1) is 0 Å². The number of benzene rings is 7. The second kappa shape index (κ2) is 8.72. The molecule has 1 nitrogen and oxygen atoms in total. The van der Waals surface area contributed by atoms with Gasteiger partial charge in [-0.1, -0.05) is 115 Å². The Morgan fingerprint density at radius 1 is 0.333 bits per heavy atom. The third-order valence-electron chi connectivity index (χ3n) is 7.98. The maximum Gasteiger partial charge on any atom is 0.0545 e. The van der Waals surface area contributed by atoms with Crippen LogP contribution in [0.4, 0.5) is 0 Å². The number of rotatable bonds is 3. The van der Waals surface area contributed by atoms with Crippen molar-refractivity contribution >= 4 is 43.4 Å². The van der Waals surface area contributed by atoms with Crippen molar-refractivity contribution in [1.29, 1.82) is 0 Å². The maximum absolute atomic E-state index is 3.82. The van der Waals surface area contributed by atoms with Crippen LogP contribution in [0.15, 0.2) is 146 Å². The number of hydrogen-bond acceptors (Lipinski definition) is 0. The van der Waals surface area contributed by atoms with E-state index in [1.54, 1.807) is 0 Å². The first-order chi connectivity index (χ1) is 19.3. The fourth-order valence-corrected chi connectivity index (χ4v) is 6.10. The van der Waals surface area contributed by atoms with Gasteiger partial charge in [0.2, 0.25) is 0 Å². The molecule has 0 bridgehead atoms. The van der Waals surface area contributed by atoms with Gasteiger partial charge in [-0.15, -0.1) is 0 Å². The number of fused-ring (bicyclic) bond motifs is 6. The van der Waals surface area contributed by atoms with Crippen molar-refractivity contribution < 1.29 is 0 Å². The molecule has 0 amide bonds. The summed E-state index contributed by atoms with van der Waals surface area (Å²) in [5, 5.41) is 7.59. The molecule has 0 saturated heterocycles. The summed E-state index contributed by atoms with van der Waals surface area (Å²) in [6.45, 7) is 0. The molecule has 8 aromatic rings. The largest absolute Gasteiger partial charge is 0.354 e. The number of nitrogens with one attached hydrogen (secondary N) is 1. The minimum absolute atomic E-state index is 1.15. The van der Waals surface area contributed by atoms with Crippen LogP contribution < -0.4 is 0 Å². The predicted octanol–water partition coefficient (Wildman–Crippen LogP) is 10.6. The molecule has 1 N–H and O–H groups in total. The third-order valence-corrected chi connectivity index (χ3v) is 7.98. The van der Waals surface area contributed by atoms with Crippen molar-refractivity contribution in [2.75, 3.05) is 0 Å². The summed E-state index contributed by atoms with van der Waals surface area (Å²) < 4.78 is 0. The molecule has 182 valence electrons. The fraction of sp³-hybridized carbons (Fsp3) is 0. The van der Waals surface area contributed by atoms with Gasteiger partial charge in [-0.3, -0.25) is 0 Å². The summed E-state index contributed by atoms with van der Waals surface area (Å²) in [7, 11) is 0. The van der Waals surface area contributed by atoms with Crippen LogP contribution in [-0.2, 0) is 0 Å². The van der Waals surface area contributed by atoms with Gasteiger partial charge in [0.05, 0.1) is 5.52 Å². The van der Waals surface area contributed by atoms with E-state index in [9.17, 15) is 0 Å². The highest BCUT2D eigenvalue weighted by Crippen LogP contribution is 2.42. The smallest absolute Gasteiger partial charge is 0.0545 e. The molecule has 39 heavy (non-hydrogen) atoms. The lowest BCUT2D eigenvalue weighted by molar-refractivity contribution is 1.54. The van der Waals surface area contributed by atoms with Crippen molar-refractivity contribution in [3.63, 3.8) is 0 Å². The average Bonchev–Trinajstić information content (AvgIpc) is 3.39. The molecule has 0 aliphatic rings. The van der Waals surface area contributed by atoms with Gasteiger partial charge in [0, 0.05) is 21.9 Å². The van der Waals surface area contributed by atoms with Crippen LogP contribution in [0.3, 0.4) is 0 Å². The van der Waals surface area contributed by atoms with Crippen LogP contribution in [0.25, 0.3) is 76.7 Å². The third kappa shape index (κ3) is 3.55. The minimum atomic E-state index is 1.15. The van der Waals surface area contributed by atoms with E-state index in [-0.39, 0.29) is 0 Å². The Balaban J connectivity index is 1.49. The normalized spacial score (nSPS) is 11.6. The van der Waals surface area contributed by atoms with Crippen molar-refractivity contribution in [2.45, 2.75) is 0 Å². The van der Waals surface area contributed by atoms with Gasteiger partial charge in [0.15, 0.2) is 0 Å². The highest BCUT2D eigenvalue weighted by molar-refractivity contribution is 6.19. The van der Waals surface area contributed by atoms with Crippen LogP contribution in [-0.4, -0.2) is 4.98 Å². The fourth-order valence-electron chi connectivity index (χ4n) is 6.10. The first kappa shape index (κ1) is 21.9. The molecule has 0 aliphatic carbocycles. The Bertz CT molecular complexity index is 2150. The molecule has 0 unspecified atom stereocenters. The van der Waals surface area contributed by atoms with E-state index in [0.717, 1.165) is 5.52 Å². The highest BCUT2D eigenvalue weighted by Gasteiger charge is 2.16. The van der Waals surface area contributed by atoms with Gasteiger partial charge in [-0.25, -0.2) is 0 Å². The van der Waals surface area contributed by atoms with Gasteiger partial charge in [0.1, 0.15) is 0 Å². The summed E-state index contributed by atoms with van der Waals surface area (Å²) in [6, 6.07) is 52.7. The summed E-state index contributed by atoms with van der Waals surface area (Å²) in [5.41, 5.74) is 9.71. The molecule has 1 heterocycles. The van der Waals surface area contributed by atoms with E-state index in [2.05, 4.69) is 151 Å². The van der Waals surface area contributed by atoms with E-state index < -0.39 is 0 Å². The zero-order valence-electron chi connectivity index (χ0n) is 21.4. The van der Waals surface area contributed by atoms with Crippen molar-refractivity contribution in [2.24, 2.45) is 0 Å². The van der Waals surface area contributed by atoms with Crippen LogP contribution >= 0.6 is 0 Å². The molecule has 7 aromatic carbocycles. The van der Waals surface area contributed by atoms with Gasteiger partial charge in [0.25, 0.3) is 0 Å². The zero-order valence-corrected chi connectivity index (χ0v) is 21.4. The number of hydrogen-bond donors (Lipinski definition) is 1. The second-order valence-corrected chi connectivity index (χ2v) is 10.3. The number of aromatic amines is 1. The number of H-pyrrole nitrogens is 1. The Morgan fingerprint density at radius 2 is 0.949 bits per heavy atom. The molecule has 1 aromatic heterocycles. The first-order valence-corrected chi connectivity index (χ1v) is 13.4. The molecule has 1 heteroatoms. The molecule has 0 atom stereocenters. The average molecular weight is 496 g/mol. The zero-order chi connectivity index (χ0) is 25.8. The lowest BCUT2D eigenvalue weighted by Gasteiger charge is -2.14. The molecule has 8 rings (SSSR count). The maximum atomic E-state index is 3.82. The summed E-state index contributed by atoms with van der Waals surface area (Å²) in [6.07, 6.45) is 0. The first-order valence-electron chi connectivity index (χ1n) is 13.4. The van der Waals surface area contributed by atoms with Gasteiger partial charge >= 0.3 is 0 Å². The lowest BCUT2D eigenvalue weighted by Crippen LogP contribution is -1.88. The highest BCUT2D eigenvalue weighted by atomic mass is 14.7. The Labute approximate surface area is 227 Å². The van der Waals surface area contributed by atoms with Crippen molar-refractivity contribution in [3.05, 3.63) is 146 Å². The quantitative estimate of drug-likeness (QED) is 0.235. The molecule has 0 saturated carbocycles. The van der Waals surface area contributed by atoms with Gasteiger partial charge in [-0.2, -0.15) is 0 Å². The van der Waals surface area contributed by atoms with Crippen molar-refractivity contribution in [1.82, 2.24) is 4.98 Å². The molecule has 0 aliphatic heterocycles. The second-order valence-electron chi connectivity index (χ2n) is 10.3. The molecule has 0 spiro atoms. The van der Waals surface area contributed by atoms with Crippen molar-refractivity contribution in [3.8, 4) is 33.4 Å². The summed E-state index contributed by atoms with van der Waals surface area (Å²) in [4.78, 5) is 3.82. The van der Waals surface area contributed by atoms with Gasteiger partial charge in [-0.05, 0) is 79.7 Å². The van der Waals surface area contributed by atoms with E-state index in [0.29, 0.717) is 0 Å². The molecule has 0 fully saturated rings. The number of aromatic nitrogens is 1. The molecule has 0 radical (unpaired) electrons. The van der Waals surface area contributed by atoms with E-state index >= 15 is 0 Å². The SMILES string of the molecule is c1ccc(-c2ccc3[nH]c4c(-c5cc6ccccc6c6ccccc56)cc(-c5ccccc5)cc4c3c2)cc1. The molecular weight excluding hydrogens is 470 g/mol. The lowest BCUT2D eigenvalue weighted by atomic mass is 9.90. The van der Waals surface area contributed by atoms with E-state index in [4.69, 9.17) is 0 Å². The van der Waals surface area contributed by atoms with Crippen LogP contribution in [0.1, 0.15) is 0 Å².